The van der Waals surface area contributed by atoms with Crippen molar-refractivity contribution in [3.63, 3.8) is 0 Å². The zero-order chi connectivity index (χ0) is 17.5. The van der Waals surface area contributed by atoms with Gasteiger partial charge in [0.1, 0.15) is 11.5 Å². The molecule has 5 heteroatoms. The normalized spacial score (nSPS) is 10.5. The smallest absolute Gasteiger partial charge is 0.248 e. The Morgan fingerprint density at radius 1 is 0.958 bits per heavy atom. The van der Waals surface area contributed by atoms with E-state index in [4.69, 9.17) is 9.47 Å². The van der Waals surface area contributed by atoms with Gasteiger partial charge in [0.05, 0.1) is 14.2 Å². The largest absolute Gasteiger partial charge is 0.497 e. The molecule has 0 aliphatic carbocycles. The van der Waals surface area contributed by atoms with Crippen LogP contribution in [0.4, 0.5) is 5.69 Å². The van der Waals surface area contributed by atoms with Crippen LogP contribution < -0.4 is 14.8 Å². The van der Waals surface area contributed by atoms with E-state index in [1.807, 2.05) is 0 Å². The Kier molecular flexibility index (Phi) is 5.73. The maximum atomic E-state index is 12.0. The molecule has 0 heterocycles. The number of rotatable bonds is 6. The molecule has 24 heavy (non-hydrogen) atoms. The molecule has 1 amide bonds. The van der Waals surface area contributed by atoms with Crippen LogP contribution in [0.25, 0.3) is 6.08 Å². The summed E-state index contributed by atoms with van der Waals surface area (Å²) in [5, 5.41) is 2.74. The van der Waals surface area contributed by atoms with Gasteiger partial charge in [-0.25, -0.2) is 0 Å². The van der Waals surface area contributed by atoms with Crippen molar-refractivity contribution in [2.24, 2.45) is 0 Å². The first-order chi connectivity index (χ1) is 11.5. The van der Waals surface area contributed by atoms with Crippen LogP contribution in [0.2, 0.25) is 0 Å². The number of Topliss-reactive ketones (excluding diaryl/α,β-unsaturated/α-hetero) is 1. The standard InChI is InChI=1S/C19H19NO4/c1-13(21)15-5-7-16(8-6-15)20-19(22)9-4-14-10-17(23-2)12-18(11-14)24-3/h4-12H,1-3H3,(H,20,22). The van der Waals surface area contributed by atoms with E-state index in [2.05, 4.69) is 5.32 Å². The summed E-state index contributed by atoms with van der Waals surface area (Å²) in [7, 11) is 3.14. The topological polar surface area (TPSA) is 64.6 Å². The molecule has 0 aromatic heterocycles. The highest BCUT2D eigenvalue weighted by Gasteiger charge is 2.03. The molecule has 0 unspecified atom stereocenters. The molecule has 0 fully saturated rings. The minimum atomic E-state index is -0.271. The highest BCUT2D eigenvalue weighted by molar-refractivity contribution is 6.02. The van der Waals surface area contributed by atoms with E-state index in [-0.39, 0.29) is 11.7 Å². The van der Waals surface area contributed by atoms with E-state index < -0.39 is 0 Å². The third-order valence-electron chi connectivity index (χ3n) is 3.36. The van der Waals surface area contributed by atoms with Gasteiger partial charge >= 0.3 is 0 Å². The Balaban J connectivity index is 2.06. The zero-order valence-corrected chi connectivity index (χ0v) is 13.8. The molecule has 0 spiro atoms. The second-order valence-electron chi connectivity index (χ2n) is 5.10. The number of carbonyl (C=O) groups is 2. The summed E-state index contributed by atoms with van der Waals surface area (Å²) in [5.41, 5.74) is 2.01. The van der Waals surface area contributed by atoms with Gasteiger partial charge in [0.25, 0.3) is 0 Å². The molecule has 0 radical (unpaired) electrons. The Morgan fingerprint density at radius 3 is 2.04 bits per heavy atom. The molecule has 0 aliphatic rings. The number of hydrogen-bond donors (Lipinski definition) is 1. The van der Waals surface area contributed by atoms with E-state index in [0.29, 0.717) is 22.7 Å². The molecule has 124 valence electrons. The molecule has 0 aliphatic heterocycles. The fourth-order valence-corrected chi connectivity index (χ4v) is 2.07. The number of amides is 1. The van der Waals surface area contributed by atoms with Crippen molar-refractivity contribution in [2.75, 3.05) is 19.5 Å². The molecular weight excluding hydrogens is 306 g/mol. The molecule has 5 nitrogen and oxygen atoms in total. The van der Waals surface area contributed by atoms with Gasteiger partial charge in [0, 0.05) is 23.4 Å². The average Bonchev–Trinajstić information content (AvgIpc) is 2.60. The fraction of sp³-hybridized carbons (Fsp3) is 0.158. The minimum Gasteiger partial charge on any atom is -0.497 e. The summed E-state index contributed by atoms with van der Waals surface area (Å²) >= 11 is 0. The third-order valence-corrected chi connectivity index (χ3v) is 3.36. The molecule has 0 saturated carbocycles. The number of nitrogens with one attached hydrogen (secondary N) is 1. The molecule has 0 bridgehead atoms. The average molecular weight is 325 g/mol. The summed E-state index contributed by atoms with van der Waals surface area (Å²) in [4.78, 5) is 23.2. The Morgan fingerprint density at radius 2 is 1.54 bits per heavy atom. The fourth-order valence-electron chi connectivity index (χ4n) is 2.07. The van der Waals surface area contributed by atoms with Crippen molar-refractivity contribution >= 4 is 23.5 Å². The molecule has 1 N–H and O–H groups in total. The molecule has 2 aromatic carbocycles. The first-order valence-electron chi connectivity index (χ1n) is 7.35. The maximum absolute atomic E-state index is 12.0. The highest BCUT2D eigenvalue weighted by Crippen LogP contribution is 2.23. The zero-order valence-electron chi connectivity index (χ0n) is 13.8. The molecule has 2 rings (SSSR count). The van der Waals surface area contributed by atoms with Crippen LogP contribution in [0.5, 0.6) is 11.5 Å². The number of benzene rings is 2. The van der Waals surface area contributed by atoms with Crippen molar-refractivity contribution in [3.8, 4) is 11.5 Å². The number of ketones is 1. The van der Waals surface area contributed by atoms with E-state index in [1.165, 1.54) is 13.0 Å². The lowest BCUT2D eigenvalue weighted by atomic mass is 10.1. The maximum Gasteiger partial charge on any atom is 0.248 e. The number of anilines is 1. The number of ether oxygens (including phenoxy) is 2. The van der Waals surface area contributed by atoms with Crippen molar-refractivity contribution in [3.05, 3.63) is 59.7 Å². The minimum absolute atomic E-state index is 0.0141. The Bertz CT molecular complexity index is 741. The van der Waals surface area contributed by atoms with Crippen LogP contribution >= 0.6 is 0 Å². The summed E-state index contributed by atoms with van der Waals surface area (Å²) in [6.07, 6.45) is 3.09. The van der Waals surface area contributed by atoms with E-state index >= 15 is 0 Å². The summed E-state index contributed by atoms with van der Waals surface area (Å²) in [5.74, 6) is 1.01. The molecule has 0 saturated heterocycles. The van der Waals surface area contributed by atoms with Gasteiger partial charge in [-0.1, -0.05) is 0 Å². The number of methoxy groups -OCH3 is 2. The van der Waals surface area contributed by atoms with E-state index in [9.17, 15) is 9.59 Å². The van der Waals surface area contributed by atoms with Crippen molar-refractivity contribution in [1.29, 1.82) is 0 Å². The second-order valence-corrected chi connectivity index (χ2v) is 5.10. The SMILES string of the molecule is COc1cc(C=CC(=O)Nc2ccc(C(C)=O)cc2)cc(OC)c1. The summed E-state index contributed by atoms with van der Waals surface area (Å²) in [6, 6.07) is 12.1. The van der Waals surface area contributed by atoms with Gasteiger partial charge in [0.15, 0.2) is 5.78 Å². The van der Waals surface area contributed by atoms with Gasteiger partial charge in [0.2, 0.25) is 5.91 Å². The van der Waals surface area contributed by atoms with E-state index in [1.54, 1.807) is 62.8 Å². The molecule has 2 aromatic rings. The predicted molar refractivity (Wildman–Crippen MR) is 93.7 cm³/mol. The Labute approximate surface area is 140 Å². The lowest BCUT2D eigenvalue weighted by Crippen LogP contribution is -2.07. The first kappa shape index (κ1) is 17.3. The third kappa shape index (κ3) is 4.71. The molecular formula is C19H19NO4. The van der Waals surface area contributed by atoms with Crippen LogP contribution in [0, 0.1) is 0 Å². The monoisotopic (exact) mass is 325 g/mol. The van der Waals surface area contributed by atoms with Gasteiger partial charge in [-0.05, 0) is 55.0 Å². The molecule has 0 atom stereocenters. The number of hydrogen-bond acceptors (Lipinski definition) is 4. The van der Waals surface area contributed by atoms with Crippen molar-refractivity contribution in [1.82, 2.24) is 0 Å². The van der Waals surface area contributed by atoms with Gasteiger partial charge in [-0.3, -0.25) is 9.59 Å². The van der Waals surface area contributed by atoms with Crippen LogP contribution in [-0.2, 0) is 4.79 Å². The van der Waals surface area contributed by atoms with Crippen molar-refractivity contribution < 1.29 is 19.1 Å². The first-order valence-corrected chi connectivity index (χ1v) is 7.35. The predicted octanol–water partition coefficient (Wildman–Crippen LogP) is 3.56. The van der Waals surface area contributed by atoms with Crippen LogP contribution in [0.15, 0.2) is 48.5 Å². The van der Waals surface area contributed by atoms with Crippen molar-refractivity contribution in [2.45, 2.75) is 6.92 Å². The van der Waals surface area contributed by atoms with Gasteiger partial charge in [-0.15, -0.1) is 0 Å². The number of carbonyl (C=O) groups excluding carboxylic acids is 2. The Hall–Kier alpha value is -3.08. The lowest BCUT2D eigenvalue weighted by Gasteiger charge is -2.06. The van der Waals surface area contributed by atoms with E-state index in [0.717, 1.165) is 5.56 Å². The second kappa shape index (κ2) is 7.97. The highest BCUT2D eigenvalue weighted by atomic mass is 16.5. The summed E-state index contributed by atoms with van der Waals surface area (Å²) in [6.45, 7) is 1.50. The quantitative estimate of drug-likeness (QED) is 0.651. The van der Waals surface area contributed by atoms with Crippen LogP contribution in [0.1, 0.15) is 22.8 Å². The van der Waals surface area contributed by atoms with Crippen LogP contribution in [-0.4, -0.2) is 25.9 Å². The van der Waals surface area contributed by atoms with Gasteiger partial charge < -0.3 is 14.8 Å². The van der Waals surface area contributed by atoms with Crippen LogP contribution in [0.3, 0.4) is 0 Å². The lowest BCUT2D eigenvalue weighted by molar-refractivity contribution is -0.111. The summed E-state index contributed by atoms with van der Waals surface area (Å²) < 4.78 is 10.4. The van der Waals surface area contributed by atoms with Gasteiger partial charge in [-0.2, -0.15) is 0 Å².